The molecule has 0 fully saturated rings. The monoisotopic (exact) mass is 339 g/mol. The van der Waals surface area contributed by atoms with Crippen molar-refractivity contribution in [2.24, 2.45) is 5.16 Å². The number of methoxy groups -OCH3 is 1. The zero-order valence-corrected chi connectivity index (χ0v) is 12.9. The molecule has 2 rings (SSSR count). The average Bonchev–Trinajstić information content (AvgIpc) is 2.51. The summed E-state index contributed by atoms with van der Waals surface area (Å²) in [5.74, 6) is -0.715. The Morgan fingerprint density at radius 2 is 2.00 bits per heavy atom. The molecule has 0 radical (unpaired) electrons. The van der Waals surface area contributed by atoms with E-state index in [1.165, 1.54) is 25.5 Å². The minimum Gasteiger partial charge on any atom is -0.505 e. The molecule has 22 heavy (non-hydrogen) atoms. The van der Waals surface area contributed by atoms with E-state index in [0.717, 1.165) is 0 Å². The molecule has 0 aromatic heterocycles. The third kappa shape index (κ3) is 3.69. The highest BCUT2D eigenvalue weighted by molar-refractivity contribution is 6.36. The molecule has 0 saturated carbocycles. The summed E-state index contributed by atoms with van der Waals surface area (Å²) in [7, 11) is 1.52. The van der Waals surface area contributed by atoms with Crippen LogP contribution in [0.4, 0.5) is 0 Å². The van der Waals surface area contributed by atoms with Gasteiger partial charge in [-0.15, -0.1) is 0 Å². The summed E-state index contributed by atoms with van der Waals surface area (Å²) in [6.45, 7) is 0. The second-order valence-electron chi connectivity index (χ2n) is 4.14. The number of para-hydroxylation sites is 1. The van der Waals surface area contributed by atoms with Crippen LogP contribution in [0.2, 0.25) is 10.0 Å². The topological polar surface area (TPSA) is 68.1 Å². The number of phenolic OH excluding ortho intramolecular Hbond substituents is 1. The Labute approximate surface area is 136 Å². The SMILES string of the molecule is COc1ccccc1/C=N/OC(=O)c1cc(Cl)cc(Cl)c1O. The van der Waals surface area contributed by atoms with Crippen molar-refractivity contribution in [1.29, 1.82) is 0 Å². The van der Waals surface area contributed by atoms with Crippen molar-refractivity contribution in [3.05, 3.63) is 57.6 Å². The quantitative estimate of drug-likeness (QED) is 0.521. The second-order valence-corrected chi connectivity index (χ2v) is 4.98. The summed E-state index contributed by atoms with van der Waals surface area (Å²) in [4.78, 5) is 16.6. The fourth-order valence-corrected chi connectivity index (χ4v) is 2.17. The lowest BCUT2D eigenvalue weighted by molar-refractivity contribution is 0.0516. The molecule has 0 aliphatic heterocycles. The zero-order valence-electron chi connectivity index (χ0n) is 11.4. The zero-order chi connectivity index (χ0) is 16.1. The molecule has 2 aromatic rings. The molecule has 7 heteroatoms. The van der Waals surface area contributed by atoms with Gasteiger partial charge >= 0.3 is 5.97 Å². The largest absolute Gasteiger partial charge is 0.505 e. The lowest BCUT2D eigenvalue weighted by Gasteiger charge is -2.05. The second kappa shape index (κ2) is 7.15. The lowest BCUT2D eigenvalue weighted by Crippen LogP contribution is -2.02. The van der Waals surface area contributed by atoms with Crippen molar-refractivity contribution >= 4 is 35.4 Å². The third-order valence-electron chi connectivity index (χ3n) is 2.71. The number of aromatic hydroxyl groups is 1. The van der Waals surface area contributed by atoms with E-state index in [9.17, 15) is 9.90 Å². The standard InChI is InChI=1S/C15H11Cl2NO4/c1-21-13-5-3-2-4-9(13)8-18-22-15(20)11-6-10(16)7-12(17)14(11)19/h2-8,19H,1H3/b18-8+. The maximum Gasteiger partial charge on any atom is 0.369 e. The predicted molar refractivity (Wildman–Crippen MR) is 84.1 cm³/mol. The van der Waals surface area contributed by atoms with Gasteiger partial charge in [-0.3, -0.25) is 0 Å². The number of rotatable bonds is 4. The first-order valence-electron chi connectivity index (χ1n) is 6.08. The van der Waals surface area contributed by atoms with E-state index in [0.29, 0.717) is 11.3 Å². The molecule has 0 amide bonds. The molecule has 0 saturated heterocycles. The van der Waals surface area contributed by atoms with Gasteiger partial charge in [0.1, 0.15) is 17.1 Å². The molecule has 0 aliphatic carbocycles. The van der Waals surface area contributed by atoms with Gasteiger partial charge in [0, 0.05) is 10.6 Å². The summed E-state index contributed by atoms with van der Waals surface area (Å²) in [6.07, 6.45) is 1.32. The van der Waals surface area contributed by atoms with Gasteiger partial charge in [0.2, 0.25) is 0 Å². The van der Waals surface area contributed by atoms with Crippen LogP contribution in [-0.4, -0.2) is 24.4 Å². The van der Waals surface area contributed by atoms with Crippen LogP contribution in [0.25, 0.3) is 0 Å². The van der Waals surface area contributed by atoms with Crippen LogP contribution < -0.4 is 4.74 Å². The Kier molecular flexibility index (Phi) is 5.25. The number of hydrogen-bond acceptors (Lipinski definition) is 5. The number of benzene rings is 2. The highest BCUT2D eigenvalue weighted by Gasteiger charge is 2.17. The Morgan fingerprint density at radius 3 is 2.73 bits per heavy atom. The summed E-state index contributed by atoms with van der Waals surface area (Å²) in [5, 5.41) is 13.5. The number of carbonyl (C=O) groups is 1. The van der Waals surface area contributed by atoms with E-state index in [4.69, 9.17) is 32.8 Å². The summed E-state index contributed by atoms with van der Waals surface area (Å²) < 4.78 is 5.13. The van der Waals surface area contributed by atoms with Crippen LogP contribution in [0.1, 0.15) is 15.9 Å². The van der Waals surface area contributed by atoms with E-state index < -0.39 is 11.7 Å². The predicted octanol–water partition coefficient (Wildman–Crippen LogP) is 3.90. The Bertz CT molecular complexity index is 731. The molecule has 0 heterocycles. The fraction of sp³-hybridized carbons (Fsp3) is 0.0667. The molecule has 5 nitrogen and oxygen atoms in total. The van der Waals surface area contributed by atoms with Crippen molar-refractivity contribution in [1.82, 2.24) is 0 Å². The van der Waals surface area contributed by atoms with Crippen molar-refractivity contribution in [3.8, 4) is 11.5 Å². The third-order valence-corrected chi connectivity index (χ3v) is 3.22. The first-order valence-corrected chi connectivity index (χ1v) is 6.84. The smallest absolute Gasteiger partial charge is 0.369 e. The number of ether oxygens (including phenoxy) is 1. The molecule has 0 aliphatic rings. The Balaban J connectivity index is 2.15. The molecule has 0 atom stereocenters. The van der Waals surface area contributed by atoms with Crippen molar-refractivity contribution in [2.45, 2.75) is 0 Å². The molecular formula is C15H11Cl2NO4. The summed E-state index contributed by atoms with van der Waals surface area (Å²) in [5.41, 5.74) is 0.459. The van der Waals surface area contributed by atoms with Crippen LogP contribution in [0.3, 0.4) is 0 Å². The number of halogens is 2. The molecule has 114 valence electrons. The van der Waals surface area contributed by atoms with Crippen LogP contribution >= 0.6 is 23.2 Å². The number of phenols is 1. The lowest BCUT2D eigenvalue weighted by atomic mass is 10.2. The summed E-state index contributed by atoms with van der Waals surface area (Å²) >= 11 is 11.5. The van der Waals surface area contributed by atoms with Crippen LogP contribution in [0.5, 0.6) is 11.5 Å². The van der Waals surface area contributed by atoms with Crippen molar-refractivity contribution in [2.75, 3.05) is 7.11 Å². The first kappa shape index (κ1) is 16.1. The van der Waals surface area contributed by atoms with E-state index in [2.05, 4.69) is 5.16 Å². The van der Waals surface area contributed by atoms with Crippen molar-refractivity contribution < 1.29 is 19.5 Å². The van der Waals surface area contributed by atoms with Gasteiger partial charge in [0.05, 0.1) is 18.3 Å². The maximum absolute atomic E-state index is 11.9. The van der Waals surface area contributed by atoms with Gasteiger partial charge in [-0.2, -0.15) is 0 Å². The summed E-state index contributed by atoms with van der Waals surface area (Å²) in [6, 6.07) is 9.62. The molecule has 1 N–H and O–H groups in total. The average molecular weight is 340 g/mol. The molecule has 2 aromatic carbocycles. The van der Waals surface area contributed by atoms with Gasteiger partial charge < -0.3 is 14.7 Å². The minimum atomic E-state index is -0.881. The number of hydrogen-bond donors (Lipinski definition) is 1. The van der Waals surface area contributed by atoms with Gasteiger partial charge in [0.25, 0.3) is 0 Å². The first-order chi connectivity index (χ1) is 10.5. The molecule has 0 unspecified atom stereocenters. The molecule has 0 spiro atoms. The number of nitrogens with zero attached hydrogens (tertiary/aromatic N) is 1. The van der Waals surface area contributed by atoms with Gasteiger partial charge in [-0.25, -0.2) is 4.79 Å². The number of oxime groups is 1. The van der Waals surface area contributed by atoms with E-state index >= 15 is 0 Å². The van der Waals surface area contributed by atoms with Crippen LogP contribution in [-0.2, 0) is 4.84 Å². The highest BCUT2D eigenvalue weighted by atomic mass is 35.5. The maximum atomic E-state index is 11.9. The van der Waals surface area contributed by atoms with Gasteiger partial charge in [-0.1, -0.05) is 40.5 Å². The minimum absolute atomic E-state index is 0.0480. The molecular weight excluding hydrogens is 329 g/mol. The van der Waals surface area contributed by atoms with Gasteiger partial charge in [-0.05, 0) is 24.3 Å². The van der Waals surface area contributed by atoms with Crippen LogP contribution in [0, 0.1) is 0 Å². The van der Waals surface area contributed by atoms with Crippen molar-refractivity contribution in [3.63, 3.8) is 0 Å². The number of carbonyl (C=O) groups excluding carboxylic acids is 1. The highest BCUT2D eigenvalue weighted by Crippen LogP contribution is 2.31. The van der Waals surface area contributed by atoms with E-state index in [1.54, 1.807) is 24.3 Å². The van der Waals surface area contributed by atoms with Crippen LogP contribution in [0.15, 0.2) is 41.6 Å². The Morgan fingerprint density at radius 1 is 1.27 bits per heavy atom. The van der Waals surface area contributed by atoms with E-state index in [-0.39, 0.29) is 15.6 Å². The van der Waals surface area contributed by atoms with E-state index in [1.807, 2.05) is 0 Å². The Hall–Kier alpha value is -2.24. The van der Waals surface area contributed by atoms with Gasteiger partial charge in [0.15, 0.2) is 0 Å². The normalized spacial score (nSPS) is 10.7. The molecule has 0 bridgehead atoms. The fourth-order valence-electron chi connectivity index (χ4n) is 1.67.